The predicted octanol–water partition coefficient (Wildman–Crippen LogP) is 3.12. The summed E-state index contributed by atoms with van der Waals surface area (Å²) < 4.78 is 0. The topological polar surface area (TPSA) is 86.6 Å². The maximum absolute atomic E-state index is 13.0. The fourth-order valence-corrected chi connectivity index (χ4v) is 4.13. The molecule has 0 atom stereocenters. The van der Waals surface area contributed by atoms with E-state index in [2.05, 4.69) is 9.97 Å². The normalized spacial score (nSPS) is 13.5. The molecule has 0 radical (unpaired) electrons. The standard InChI is InChI=1S/C19H17N3O3S/c1-11-17(26-18(21-11)13-3-2-5-20-9-13)19(25)22-6-4-12-7-15(23)16(24)8-14(12)10-22/h2-3,5,7-9,23-24H,4,6,10H2,1H3. The molecule has 1 amide bonds. The number of rotatable bonds is 2. The highest BCUT2D eigenvalue weighted by atomic mass is 32.1. The third-order valence-corrected chi connectivity index (χ3v) is 5.69. The maximum Gasteiger partial charge on any atom is 0.266 e. The number of thiazole rings is 1. The van der Waals surface area contributed by atoms with Gasteiger partial charge < -0.3 is 15.1 Å². The van der Waals surface area contributed by atoms with Gasteiger partial charge in [0.2, 0.25) is 0 Å². The van der Waals surface area contributed by atoms with Crippen molar-refractivity contribution in [1.82, 2.24) is 14.9 Å². The molecule has 26 heavy (non-hydrogen) atoms. The van der Waals surface area contributed by atoms with Crippen molar-refractivity contribution in [1.29, 1.82) is 0 Å². The van der Waals surface area contributed by atoms with Gasteiger partial charge in [0.1, 0.15) is 9.88 Å². The van der Waals surface area contributed by atoms with Gasteiger partial charge in [-0.05, 0) is 48.7 Å². The summed E-state index contributed by atoms with van der Waals surface area (Å²) in [5.74, 6) is -0.345. The molecule has 1 aliphatic rings. The van der Waals surface area contributed by atoms with Gasteiger partial charge in [0, 0.05) is 31.0 Å². The minimum absolute atomic E-state index is 0.0617. The number of amides is 1. The molecule has 0 spiro atoms. The van der Waals surface area contributed by atoms with Crippen molar-refractivity contribution in [3.63, 3.8) is 0 Å². The molecule has 132 valence electrons. The molecule has 0 bridgehead atoms. The van der Waals surface area contributed by atoms with Crippen LogP contribution in [0.4, 0.5) is 0 Å². The van der Waals surface area contributed by atoms with E-state index < -0.39 is 0 Å². The summed E-state index contributed by atoms with van der Waals surface area (Å²) in [6.07, 6.45) is 4.08. The van der Waals surface area contributed by atoms with E-state index in [1.54, 1.807) is 23.4 Å². The number of fused-ring (bicyclic) bond motifs is 1. The number of carbonyl (C=O) groups is 1. The fraction of sp³-hybridized carbons (Fsp3) is 0.211. The lowest BCUT2D eigenvalue weighted by atomic mass is 9.98. The molecule has 0 saturated heterocycles. The molecule has 4 rings (SSSR count). The van der Waals surface area contributed by atoms with Crippen molar-refractivity contribution in [2.24, 2.45) is 0 Å². The van der Waals surface area contributed by atoms with Crippen molar-refractivity contribution in [2.45, 2.75) is 19.9 Å². The second kappa shape index (κ2) is 6.42. The number of hydrogen-bond acceptors (Lipinski definition) is 6. The van der Waals surface area contributed by atoms with Crippen molar-refractivity contribution >= 4 is 17.2 Å². The van der Waals surface area contributed by atoms with E-state index in [-0.39, 0.29) is 17.4 Å². The van der Waals surface area contributed by atoms with E-state index in [0.29, 0.717) is 30.1 Å². The summed E-state index contributed by atoms with van der Waals surface area (Å²) in [5.41, 5.74) is 3.42. The zero-order valence-corrected chi connectivity index (χ0v) is 15.0. The summed E-state index contributed by atoms with van der Waals surface area (Å²) >= 11 is 1.37. The largest absolute Gasteiger partial charge is 0.504 e. The molecule has 0 fully saturated rings. The lowest BCUT2D eigenvalue weighted by Crippen LogP contribution is -2.35. The molecular weight excluding hydrogens is 350 g/mol. The Kier molecular flexibility index (Phi) is 4.08. The lowest BCUT2D eigenvalue weighted by molar-refractivity contribution is 0.0738. The van der Waals surface area contributed by atoms with E-state index in [4.69, 9.17) is 0 Å². The average Bonchev–Trinajstić information content (AvgIpc) is 3.04. The summed E-state index contributed by atoms with van der Waals surface area (Å²) in [5, 5.41) is 20.1. The van der Waals surface area contributed by atoms with Crippen LogP contribution in [0.15, 0.2) is 36.7 Å². The Morgan fingerprint density at radius 2 is 2.00 bits per heavy atom. The smallest absolute Gasteiger partial charge is 0.266 e. The van der Waals surface area contributed by atoms with Crippen LogP contribution in [0, 0.1) is 6.92 Å². The summed E-state index contributed by atoms with van der Waals surface area (Å²) in [7, 11) is 0. The third-order valence-electron chi connectivity index (χ3n) is 4.50. The molecule has 7 heteroatoms. The molecule has 0 aliphatic carbocycles. The minimum atomic E-state index is -0.161. The monoisotopic (exact) mass is 367 g/mol. The Morgan fingerprint density at radius 3 is 2.73 bits per heavy atom. The summed E-state index contributed by atoms with van der Waals surface area (Å²) in [6.45, 7) is 2.81. The van der Waals surface area contributed by atoms with Gasteiger partial charge in [0.15, 0.2) is 11.5 Å². The average molecular weight is 367 g/mol. The second-order valence-corrected chi connectivity index (χ2v) is 7.26. The Balaban J connectivity index is 1.61. The Bertz CT molecular complexity index is 985. The molecular formula is C19H17N3O3S. The number of aromatic hydroxyl groups is 2. The van der Waals surface area contributed by atoms with Gasteiger partial charge in [-0.15, -0.1) is 11.3 Å². The number of phenolic OH excluding ortho intramolecular Hbond substituents is 2. The van der Waals surface area contributed by atoms with Gasteiger partial charge in [-0.1, -0.05) is 0 Å². The van der Waals surface area contributed by atoms with Crippen molar-refractivity contribution < 1.29 is 15.0 Å². The predicted molar refractivity (Wildman–Crippen MR) is 98.3 cm³/mol. The van der Waals surface area contributed by atoms with Crippen molar-refractivity contribution in [3.8, 4) is 22.1 Å². The molecule has 1 aliphatic heterocycles. The molecule has 0 saturated carbocycles. The van der Waals surface area contributed by atoms with Gasteiger partial charge >= 0.3 is 0 Å². The number of phenols is 2. The third kappa shape index (κ3) is 2.90. The highest BCUT2D eigenvalue weighted by molar-refractivity contribution is 7.17. The van der Waals surface area contributed by atoms with Gasteiger partial charge in [0.25, 0.3) is 5.91 Å². The van der Waals surface area contributed by atoms with Crippen LogP contribution >= 0.6 is 11.3 Å². The van der Waals surface area contributed by atoms with Gasteiger partial charge in [0.05, 0.1) is 5.69 Å². The summed E-state index contributed by atoms with van der Waals surface area (Å²) in [4.78, 5) is 24.0. The van der Waals surface area contributed by atoms with Gasteiger partial charge in [-0.2, -0.15) is 0 Å². The molecule has 2 aromatic heterocycles. The number of nitrogens with zero attached hydrogens (tertiary/aromatic N) is 3. The van der Waals surface area contributed by atoms with E-state index in [0.717, 1.165) is 21.7 Å². The first-order valence-corrected chi connectivity index (χ1v) is 9.05. The van der Waals surface area contributed by atoms with Gasteiger partial charge in [-0.3, -0.25) is 9.78 Å². The van der Waals surface area contributed by atoms with Crippen LogP contribution in [-0.4, -0.2) is 37.5 Å². The van der Waals surface area contributed by atoms with Crippen LogP contribution in [0.2, 0.25) is 0 Å². The van der Waals surface area contributed by atoms with E-state index in [9.17, 15) is 15.0 Å². The summed E-state index contributed by atoms with van der Waals surface area (Å²) in [6, 6.07) is 6.87. The van der Waals surface area contributed by atoms with Crippen LogP contribution in [-0.2, 0) is 13.0 Å². The Labute approximate surface area is 154 Å². The van der Waals surface area contributed by atoms with Crippen LogP contribution < -0.4 is 0 Å². The first kappa shape index (κ1) is 16.5. The van der Waals surface area contributed by atoms with Crippen LogP contribution in [0.3, 0.4) is 0 Å². The first-order valence-electron chi connectivity index (χ1n) is 8.24. The SMILES string of the molecule is Cc1nc(-c2cccnc2)sc1C(=O)N1CCc2cc(O)c(O)cc2C1. The van der Waals surface area contributed by atoms with Crippen molar-refractivity contribution in [2.75, 3.05) is 6.54 Å². The Morgan fingerprint density at radius 1 is 1.23 bits per heavy atom. The highest BCUT2D eigenvalue weighted by Crippen LogP contribution is 2.33. The van der Waals surface area contributed by atoms with E-state index in [1.807, 2.05) is 19.1 Å². The quantitative estimate of drug-likeness (QED) is 0.680. The number of aromatic nitrogens is 2. The fourth-order valence-electron chi connectivity index (χ4n) is 3.11. The van der Waals surface area contributed by atoms with Crippen LogP contribution in [0.25, 0.3) is 10.6 Å². The van der Waals surface area contributed by atoms with E-state index >= 15 is 0 Å². The van der Waals surface area contributed by atoms with Gasteiger partial charge in [-0.25, -0.2) is 4.98 Å². The zero-order chi connectivity index (χ0) is 18.3. The number of benzene rings is 1. The highest BCUT2D eigenvalue weighted by Gasteiger charge is 2.26. The molecule has 3 aromatic rings. The molecule has 6 nitrogen and oxygen atoms in total. The zero-order valence-electron chi connectivity index (χ0n) is 14.1. The molecule has 0 unspecified atom stereocenters. The number of carbonyl (C=O) groups excluding carboxylic acids is 1. The number of aryl methyl sites for hydroxylation is 1. The second-order valence-electron chi connectivity index (χ2n) is 6.26. The first-order chi connectivity index (χ1) is 12.5. The number of pyridine rings is 1. The Hall–Kier alpha value is -2.93. The van der Waals surface area contributed by atoms with Crippen molar-refractivity contribution in [3.05, 3.63) is 58.4 Å². The number of hydrogen-bond donors (Lipinski definition) is 2. The maximum atomic E-state index is 13.0. The van der Waals surface area contributed by atoms with Crippen LogP contribution in [0.5, 0.6) is 11.5 Å². The molecule has 3 heterocycles. The minimum Gasteiger partial charge on any atom is -0.504 e. The molecule has 2 N–H and O–H groups in total. The van der Waals surface area contributed by atoms with Crippen LogP contribution in [0.1, 0.15) is 26.5 Å². The molecule has 1 aromatic carbocycles. The lowest BCUT2D eigenvalue weighted by Gasteiger charge is -2.29. The van der Waals surface area contributed by atoms with E-state index in [1.165, 1.54) is 17.4 Å².